The quantitative estimate of drug-likeness (QED) is 0.932. The minimum atomic E-state index is -0.208. The predicted molar refractivity (Wildman–Crippen MR) is 64.6 cm³/mol. The van der Waals surface area contributed by atoms with E-state index in [0.717, 1.165) is 15.8 Å². The van der Waals surface area contributed by atoms with Gasteiger partial charge in [-0.15, -0.1) is 0 Å². The first kappa shape index (κ1) is 11.4. The lowest BCUT2D eigenvalue weighted by Crippen LogP contribution is -2.06. The highest BCUT2D eigenvalue weighted by Crippen LogP contribution is 2.30. The first-order chi connectivity index (χ1) is 7.72. The summed E-state index contributed by atoms with van der Waals surface area (Å²) in [6.45, 7) is 0.498. The summed E-state index contributed by atoms with van der Waals surface area (Å²) in [5, 5.41) is 2.93. The van der Waals surface area contributed by atoms with Gasteiger partial charge in [-0.3, -0.25) is 0 Å². The maximum absolute atomic E-state index is 13.4. The Hall–Kier alpha value is -1.13. The van der Waals surface area contributed by atoms with Crippen molar-refractivity contribution in [1.29, 1.82) is 0 Å². The van der Waals surface area contributed by atoms with Crippen LogP contribution >= 0.6 is 15.9 Å². The summed E-state index contributed by atoms with van der Waals surface area (Å²) in [5.74, 6) is 0.512. The highest BCUT2D eigenvalue weighted by Gasteiger charge is 2.09. The van der Waals surface area contributed by atoms with Crippen LogP contribution in [0, 0.1) is 5.82 Å². The Labute approximate surface area is 102 Å². The van der Waals surface area contributed by atoms with Crippen LogP contribution in [0.4, 0.5) is 4.39 Å². The predicted octanol–water partition coefficient (Wildman–Crippen LogP) is 3.57. The van der Waals surface area contributed by atoms with Crippen molar-refractivity contribution in [2.24, 2.45) is 0 Å². The van der Waals surface area contributed by atoms with E-state index in [9.17, 15) is 4.39 Å². The largest absolute Gasteiger partial charge is 0.463 e. The first-order valence-corrected chi connectivity index (χ1v) is 5.68. The second-order valence-corrected chi connectivity index (χ2v) is 4.29. The van der Waals surface area contributed by atoms with Gasteiger partial charge in [-0.2, -0.15) is 0 Å². The third-order valence-corrected chi connectivity index (χ3v) is 2.92. The van der Waals surface area contributed by atoms with Gasteiger partial charge in [-0.1, -0.05) is 0 Å². The SMILES string of the molecule is CNCc1cc(-c2occc2Br)ccc1F. The molecule has 0 aliphatic carbocycles. The Morgan fingerprint density at radius 1 is 1.38 bits per heavy atom. The number of hydrogen-bond donors (Lipinski definition) is 1. The topological polar surface area (TPSA) is 25.2 Å². The summed E-state index contributed by atoms with van der Waals surface area (Å²) in [4.78, 5) is 0. The van der Waals surface area contributed by atoms with Crippen LogP contribution in [0.2, 0.25) is 0 Å². The van der Waals surface area contributed by atoms with Crippen LogP contribution < -0.4 is 5.32 Å². The summed E-state index contributed by atoms with van der Waals surface area (Å²) >= 11 is 3.38. The molecule has 16 heavy (non-hydrogen) atoms. The minimum absolute atomic E-state index is 0.208. The fourth-order valence-corrected chi connectivity index (χ4v) is 1.97. The Morgan fingerprint density at radius 3 is 2.81 bits per heavy atom. The summed E-state index contributed by atoms with van der Waals surface area (Å²) in [5.41, 5.74) is 1.49. The van der Waals surface area contributed by atoms with E-state index in [1.165, 1.54) is 6.07 Å². The number of hydrogen-bond acceptors (Lipinski definition) is 2. The zero-order valence-corrected chi connectivity index (χ0v) is 10.3. The van der Waals surface area contributed by atoms with E-state index in [2.05, 4.69) is 21.2 Å². The molecule has 0 atom stereocenters. The van der Waals surface area contributed by atoms with Crippen LogP contribution in [0.5, 0.6) is 0 Å². The van der Waals surface area contributed by atoms with Crippen LogP contribution in [-0.2, 0) is 6.54 Å². The lowest BCUT2D eigenvalue weighted by atomic mass is 10.1. The maximum Gasteiger partial charge on any atom is 0.148 e. The Bertz CT molecular complexity index is 496. The van der Waals surface area contributed by atoms with E-state index in [1.54, 1.807) is 25.4 Å². The third-order valence-electron chi connectivity index (χ3n) is 2.29. The van der Waals surface area contributed by atoms with E-state index >= 15 is 0 Å². The van der Waals surface area contributed by atoms with Crippen LogP contribution in [0.25, 0.3) is 11.3 Å². The van der Waals surface area contributed by atoms with E-state index in [1.807, 2.05) is 6.07 Å². The normalized spacial score (nSPS) is 10.7. The van der Waals surface area contributed by atoms with Crippen LogP contribution in [0.3, 0.4) is 0 Å². The standard InChI is InChI=1S/C12H11BrFNO/c1-15-7-9-6-8(2-3-11(9)14)12-10(13)4-5-16-12/h2-6,15H,7H2,1H3. The summed E-state index contributed by atoms with van der Waals surface area (Å²) in [7, 11) is 1.79. The molecule has 2 rings (SSSR count). The van der Waals surface area contributed by atoms with Crippen molar-refractivity contribution in [3.8, 4) is 11.3 Å². The molecule has 0 radical (unpaired) electrons. The molecule has 1 heterocycles. The summed E-state index contributed by atoms with van der Waals surface area (Å²) in [6, 6.07) is 6.76. The molecule has 2 aromatic rings. The number of halogens is 2. The first-order valence-electron chi connectivity index (χ1n) is 4.88. The molecule has 4 heteroatoms. The second-order valence-electron chi connectivity index (χ2n) is 3.43. The zero-order chi connectivity index (χ0) is 11.5. The van der Waals surface area contributed by atoms with Gasteiger partial charge < -0.3 is 9.73 Å². The van der Waals surface area contributed by atoms with Gasteiger partial charge >= 0.3 is 0 Å². The number of nitrogens with one attached hydrogen (secondary N) is 1. The van der Waals surface area contributed by atoms with Crippen LogP contribution in [0.1, 0.15) is 5.56 Å². The fraction of sp³-hybridized carbons (Fsp3) is 0.167. The Morgan fingerprint density at radius 2 is 2.19 bits per heavy atom. The lowest BCUT2D eigenvalue weighted by molar-refractivity contribution is 0.579. The van der Waals surface area contributed by atoms with Crippen molar-refractivity contribution in [2.45, 2.75) is 6.54 Å². The van der Waals surface area contributed by atoms with E-state index < -0.39 is 0 Å². The average Bonchev–Trinajstić information content (AvgIpc) is 2.68. The minimum Gasteiger partial charge on any atom is -0.463 e. The highest BCUT2D eigenvalue weighted by atomic mass is 79.9. The number of furan rings is 1. The van der Waals surface area contributed by atoms with E-state index in [0.29, 0.717) is 12.1 Å². The molecule has 1 aromatic heterocycles. The number of rotatable bonds is 3. The lowest BCUT2D eigenvalue weighted by Gasteiger charge is -2.05. The summed E-state index contributed by atoms with van der Waals surface area (Å²) in [6.07, 6.45) is 1.60. The van der Waals surface area contributed by atoms with Crippen molar-refractivity contribution < 1.29 is 8.81 Å². The van der Waals surface area contributed by atoms with Gasteiger partial charge in [0.1, 0.15) is 11.6 Å². The van der Waals surface area contributed by atoms with Crippen LogP contribution in [-0.4, -0.2) is 7.05 Å². The average molecular weight is 284 g/mol. The maximum atomic E-state index is 13.4. The van der Waals surface area contributed by atoms with E-state index in [-0.39, 0.29) is 5.82 Å². The van der Waals surface area contributed by atoms with Crippen molar-refractivity contribution >= 4 is 15.9 Å². The smallest absolute Gasteiger partial charge is 0.148 e. The molecule has 1 N–H and O–H groups in total. The Kier molecular flexibility index (Phi) is 3.41. The van der Waals surface area contributed by atoms with Gasteiger partial charge in [-0.05, 0) is 47.2 Å². The highest BCUT2D eigenvalue weighted by molar-refractivity contribution is 9.10. The molecular weight excluding hydrogens is 273 g/mol. The Balaban J connectivity index is 2.43. The molecule has 0 saturated carbocycles. The molecule has 0 saturated heterocycles. The van der Waals surface area contributed by atoms with Gasteiger partial charge in [0.05, 0.1) is 10.7 Å². The van der Waals surface area contributed by atoms with Crippen molar-refractivity contribution in [3.05, 3.63) is 46.4 Å². The monoisotopic (exact) mass is 283 g/mol. The van der Waals surface area contributed by atoms with Crippen LogP contribution in [0.15, 0.2) is 39.4 Å². The molecule has 1 aromatic carbocycles. The van der Waals surface area contributed by atoms with Crippen molar-refractivity contribution in [2.75, 3.05) is 7.05 Å². The van der Waals surface area contributed by atoms with Gasteiger partial charge in [0, 0.05) is 17.7 Å². The molecule has 0 spiro atoms. The molecule has 0 unspecified atom stereocenters. The fourth-order valence-electron chi connectivity index (χ4n) is 1.54. The van der Waals surface area contributed by atoms with Crippen molar-refractivity contribution in [1.82, 2.24) is 5.32 Å². The summed E-state index contributed by atoms with van der Waals surface area (Å²) < 4.78 is 19.6. The zero-order valence-electron chi connectivity index (χ0n) is 8.76. The number of benzene rings is 1. The second kappa shape index (κ2) is 4.80. The molecule has 0 bridgehead atoms. The molecular formula is C12H11BrFNO. The van der Waals surface area contributed by atoms with Crippen molar-refractivity contribution in [3.63, 3.8) is 0 Å². The molecule has 0 amide bonds. The molecule has 84 valence electrons. The molecule has 0 aliphatic rings. The van der Waals surface area contributed by atoms with Gasteiger partial charge in [0.15, 0.2) is 0 Å². The van der Waals surface area contributed by atoms with E-state index in [4.69, 9.17) is 4.42 Å². The van der Waals surface area contributed by atoms with Gasteiger partial charge in [0.25, 0.3) is 0 Å². The molecule has 0 fully saturated rings. The molecule has 0 aliphatic heterocycles. The van der Waals surface area contributed by atoms with Gasteiger partial charge in [0.2, 0.25) is 0 Å². The third kappa shape index (κ3) is 2.18. The molecule has 2 nitrogen and oxygen atoms in total. The van der Waals surface area contributed by atoms with Gasteiger partial charge in [-0.25, -0.2) is 4.39 Å².